The summed E-state index contributed by atoms with van der Waals surface area (Å²) in [5.41, 5.74) is 9.13. The van der Waals surface area contributed by atoms with Gasteiger partial charge >= 0.3 is 0 Å². The van der Waals surface area contributed by atoms with Crippen molar-refractivity contribution in [2.45, 2.75) is 20.4 Å². The zero-order chi connectivity index (χ0) is 16.4. The molecule has 0 radical (unpaired) electrons. The molecule has 1 aromatic carbocycles. The summed E-state index contributed by atoms with van der Waals surface area (Å²) in [7, 11) is 0. The lowest BCUT2D eigenvalue weighted by Gasteiger charge is -2.34. The quantitative estimate of drug-likeness (QED) is 0.875. The van der Waals surface area contributed by atoms with E-state index in [1.807, 2.05) is 30.9 Å². The number of nitrogens with zero attached hydrogens (tertiary/aromatic N) is 3. The van der Waals surface area contributed by atoms with Crippen LogP contribution in [0.5, 0.6) is 0 Å². The monoisotopic (exact) mass is 314 g/mol. The number of carbonyl (C=O) groups excluding carboxylic acids is 1. The van der Waals surface area contributed by atoms with E-state index in [0.717, 1.165) is 49.7 Å². The van der Waals surface area contributed by atoms with Crippen LogP contribution in [0.15, 0.2) is 28.8 Å². The van der Waals surface area contributed by atoms with Gasteiger partial charge in [0.2, 0.25) is 0 Å². The van der Waals surface area contributed by atoms with E-state index in [1.165, 1.54) is 0 Å². The lowest BCUT2D eigenvalue weighted by Crippen LogP contribution is -2.48. The van der Waals surface area contributed by atoms with Gasteiger partial charge in [-0.3, -0.25) is 9.69 Å². The van der Waals surface area contributed by atoms with E-state index in [1.54, 1.807) is 12.1 Å². The van der Waals surface area contributed by atoms with Gasteiger partial charge < -0.3 is 15.2 Å². The Balaban J connectivity index is 1.59. The molecule has 6 nitrogen and oxygen atoms in total. The predicted molar refractivity (Wildman–Crippen MR) is 88.0 cm³/mol. The summed E-state index contributed by atoms with van der Waals surface area (Å²) in [5.74, 6) is 0.926. The number of hydrogen-bond acceptors (Lipinski definition) is 5. The number of piperazine rings is 1. The number of aromatic nitrogens is 1. The summed E-state index contributed by atoms with van der Waals surface area (Å²) < 4.78 is 5.21. The molecule has 0 saturated carbocycles. The van der Waals surface area contributed by atoms with Crippen LogP contribution in [0.1, 0.15) is 27.4 Å². The molecule has 0 atom stereocenters. The van der Waals surface area contributed by atoms with Crippen molar-refractivity contribution in [2.75, 3.05) is 31.9 Å². The van der Waals surface area contributed by atoms with Gasteiger partial charge in [0.25, 0.3) is 5.91 Å². The molecule has 1 aromatic heterocycles. The smallest absolute Gasteiger partial charge is 0.254 e. The highest BCUT2D eigenvalue weighted by Crippen LogP contribution is 2.17. The van der Waals surface area contributed by atoms with Crippen molar-refractivity contribution in [2.24, 2.45) is 0 Å². The van der Waals surface area contributed by atoms with Crippen molar-refractivity contribution in [3.8, 4) is 0 Å². The number of nitrogen functional groups attached to an aromatic ring is 1. The van der Waals surface area contributed by atoms with Crippen molar-refractivity contribution in [3.63, 3.8) is 0 Å². The Bertz CT molecular complexity index is 683. The Labute approximate surface area is 135 Å². The number of amides is 1. The minimum absolute atomic E-state index is 0.0503. The molecule has 0 spiro atoms. The summed E-state index contributed by atoms with van der Waals surface area (Å²) in [6.45, 7) is 7.85. The van der Waals surface area contributed by atoms with Gasteiger partial charge in [-0.2, -0.15) is 0 Å². The second-order valence-corrected chi connectivity index (χ2v) is 6.00. The maximum absolute atomic E-state index is 12.5. The molecule has 6 heteroatoms. The lowest BCUT2D eigenvalue weighted by molar-refractivity contribution is 0.0627. The van der Waals surface area contributed by atoms with Gasteiger partial charge in [-0.15, -0.1) is 0 Å². The highest BCUT2D eigenvalue weighted by molar-refractivity contribution is 5.95. The molecule has 0 bridgehead atoms. The number of anilines is 1. The summed E-state index contributed by atoms with van der Waals surface area (Å²) in [6.07, 6.45) is 0. The Morgan fingerprint density at radius 2 is 2.00 bits per heavy atom. The highest BCUT2D eigenvalue weighted by Gasteiger charge is 2.23. The Morgan fingerprint density at radius 3 is 2.61 bits per heavy atom. The topological polar surface area (TPSA) is 75.6 Å². The van der Waals surface area contributed by atoms with Gasteiger partial charge in [-0.05, 0) is 32.0 Å². The molecule has 0 aliphatic carbocycles. The van der Waals surface area contributed by atoms with Crippen molar-refractivity contribution < 1.29 is 9.32 Å². The van der Waals surface area contributed by atoms with Crippen LogP contribution in [-0.4, -0.2) is 47.0 Å². The molecule has 1 aliphatic heterocycles. The average Bonchev–Trinajstić information content (AvgIpc) is 2.87. The molecule has 122 valence electrons. The second kappa shape index (κ2) is 6.42. The summed E-state index contributed by atoms with van der Waals surface area (Å²) in [6, 6.07) is 7.15. The fourth-order valence-corrected chi connectivity index (χ4v) is 2.91. The van der Waals surface area contributed by atoms with Crippen molar-refractivity contribution in [1.29, 1.82) is 0 Å². The fraction of sp³-hybridized carbons (Fsp3) is 0.412. The predicted octanol–water partition coefficient (Wildman–Crippen LogP) is 1.83. The SMILES string of the molecule is Cc1noc(C)c1CN1CCN(C(=O)c2cccc(N)c2)CC1. The maximum atomic E-state index is 12.5. The standard InChI is InChI=1S/C17H22N4O2/c1-12-16(13(2)23-19-12)11-20-6-8-21(9-7-20)17(22)14-4-3-5-15(18)10-14/h3-5,10H,6-9,11,18H2,1-2H3. The van der Waals surface area contributed by atoms with Gasteiger partial charge in [0.15, 0.2) is 0 Å². The molecule has 1 fully saturated rings. The summed E-state index contributed by atoms with van der Waals surface area (Å²) >= 11 is 0. The van der Waals surface area contributed by atoms with E-state index in [9.17, 15) is 4.79 Å². The molecule has 2 N–H and O–H groups in total. The molecule has 2 heterocycles. The van der Waals surface area contributed by atoms with Crippen molar-refractivity contribution in [3.05, 3.63) is 46.8 Å². The van der Waals surface area contributed by atoms with Gasteiger partial charge in [-0.25, -0.2) is 0 Å². The van der Waals surface area contributed by atoms with E-state index in [0.29, 0.717) is 11.3 Å². The first-order valence-corrected chi connectivity index (χ1v) is 7.83. The first-order valence-electron chi connectivity index (χ1n) is 7.83. The van der Waals surface area contributed by atoms with Crippen LogP contribution in [0, 0.1) is 13.8 Å². The molecule has 23 heavy (non-hydrogen) atoms. The largest absolute Gasteiger partial charge is 0.399 e. The van der Waals surface area contributed by atoms with Gasteiger partial charge in [0.1, 0.15) is 5.76 Å². The van der Waals surface area contributed by atoms with Crippen LogP contribution in [0.25, 0.3) is 0 Å². The Kier molecular flexibility index (Phi) is 4.34. The van der Waals surface area contributed by atoms with Gasteiger partial charge in [0.05, 0.1) is 5.69 Å². The van der Waals surface area contributed by atoms with Crippen LogP contribution in [0.2, 0.25) is 0 Å². The third kappa shape index (κ3) is 3.37. The molecule has 1 aliphatic rings. The molecule has 2 aromatic rings. The van der Waals surface area contributed by atoms with Gasteiger partial charge in [0, 0.05) is 49.5 Å². The number of carbonyl (C=O) groups is 1. The normalized spacial score (nSPS) is 15.8. The highest BCUT2D eigenvalue weighted by atomic mass is 16.5. The molecule has 3 rings (SSSR count). The van der Waals surface area contributed by atoms with Crippen LogP contribution in [0.3, 0.4) is 0 Å². The number of aryl methyl sites for hydroxylation is 2. The zero-order valence-electron chi connectivity index (χ0n) is 13.6. The van der Waals surface area contributed by atoms with Crippen molar-refractivity contribution in [1.82, 2.24) is 15.0 Å². The first kappa shape index (κ1) is 15.6. The third-order valence-corrected chi connectivity index (χ3v) is 4.36. The molecule has 1 saturated heterocycles. The first-order chi connectivity index (χ1) is 11.0. The van der Waals surface area contributed by atoms with E-state index < -0.39 is 0 Å². The lowest BCUT2D eigenvalue weighted by atomic mass is 10.1. The third-order valence-electron chi connectivity index (χ3n) is 4.36. The minimum atomic E-state index is 0.0503. The van der Waals surface area contributed by atoms with Crippen LogP contribution >= 0.6 is 0 Å². The van der Waals surface area contributed by atoms with E-state index in [4.69, 9.17) is 10.3 Å². The van der Waals surface area contributed by atoms with E-state index in [-0.39, 0.29) is 5.91 Å². The number of benzene rings is 1. The van der Waals surface area contributed by atoms with Gasteiger partial charge in [-0.1, -0.05) is 11.2 Å². The Hall–Kier alpha value is -2.34. The molecule has 0 unspecified atom stereocenters. The summed E-state index contributed by atoms with van der Waals surface area (Å²) in [4.78, 5) is 16.7. The second-order valence-electron chi connectivity index (χ2n) is 6.00. The van der Waals surface area contributed by atoms with Crippen molar-refractivity contribution >= 4 is 11.6 Å². The van der Waals surface area contributed by atoms with Crippen LogP contribution in [0.4, 0.5) is 5.69 Å². The summed E-state index contributed by atoms with van der Waals surface area (Å²) in [5, 5.41) is 3.99. The number of hydrogen-bond donors (Lipinski definition) is 1. The van der Waals surface area contributed by atoms with E-state index in [2.05, 4.69) is 10.1 Å². The number of rotatable bonds is 3. The zero-order valence-corrected chi connectivity index (χ0v) is 13.6. The fourth-order valence-electron chi connectivity index (χ4n) is 2.91. The average molecular weight is 314 g/mol. The van der Waals surface area contributed by atoms with Crippen LogP contribution in [-0.2, 0) is 6.54 Å². The minimum Gasteiger partial charge on any atom is -0.399 e. The van der Waals surface area contributed by atoms with Crippen LogP contribution < -0.4 is 5.73 Å². The molecular formula is C17H22N4O2. The molecular weight excluding hydrogens is 292 g/mol. The van der Waals surface area contributed by atoms with E-state index >= 15 is 0 Å². The Morgan fingerprint density at radius 1 is 1.26 bits per heavy atom. The number of nitrogens with two attached hydrogens (primary N) is 1. The maximum Gasteiger partial charge on any atom is 0.254 e. The molecule has 1 amide bonds.